The predicted octanol–water partition coefficient (Wildman–Crippen LogP) is 3.21. The number of benzene rings is 1. The van der Waals surface area contributed by atoms with Crippen molar-refractivity contribution in [3.8, 4) is 29.2 Å². The highest BCUT2D eigenvalue weighted by molar-refractivity contribution is 5.73. The first-order valence-corrected chi connectivity index (χ1v) is 16.5. The van der Waals surface area contributed by atoms with Gasteiger partial charge < -0.3 is 44.8 Å². The van der Waals surface area contributed by atoms with Gasteiger partial charge in [0.2, 0.25) is 35.3 Å². The molecule has 14 nitrogen and oxygen atoms in total. The summed E-state index contributed by atoms with van der Waals surface area (Å²) in [4.78, 5) is 36.0. The van der Waals surface area contributed by atoms with Crippen LogP contribution in [-0.2, 0) is 35.9 Å². The van der Waals surface area contributed by atoms with Gasteiger partial charge in [-0.05, 0) is 50.1 Å². The van der Waals surface area contributed by atoms with E-state index in [2.05, 4.69) is 48.8 Å². The monoisotopic (exact) mass is 688 g/mol. The second-order valence-corrected chi connectivity index (χ2v) is 11.6. The molecule has 0 unspecified atom stereocenters. The van der Waals surface area contributed by atoms with Gasteiger partial charge >= 0.3 is 0 Å². The van der Waals surface area contributed by atoms with Crippen molar-refractivity contribution in [1.82, 2.24) is 40.8 Å². The number of hydrogen-bond acceptors (Lipinski definition) is 11. The number of nitrogens with one attached hydrogen (secondary N) is 4. The lowest BCUT2D eigenvalue weighted by Gasteiger charge is -2.16. The molecule has 0 fully saturated rings. The molecular weight excluding hydrogens is 640 g/mol. The molecule has 3 aromatic heterocycles. The Labute approximate surface area is 293 Å². The zero-order valence-corrected chi connectivity index (χ0v) is 29.9. The van der Waals surface area contributed by atoms with Crippen molar-refractivity contribution in [2.75, 3.05) is 40.4 Å². The molecule has 14 heteroatoms. The van der Waals surface area contributed by atoms with Crippen LogP contribution in [0.15, 0.2) is 42.5 Å². The Morgan fingerprint density at radius 2 is 1.22 bits per heavy atom. The Hall–Kier alpha value is -5.21. The summed E-state index contributed by atoms with van der Waals surface area (Å²) in [6.45, 7) is 13.0. The molecule has 0 aliphatic carbocycles. The Morgan fingerprint density at radius 3 is 1.74 bits per heavy atom. The summed E-state index contributed by atoms with van der Waals surface area (Å²) in [5, 5.41) is 12.1. The maximum absolute atomic E-state index is 11.1. The van der Waals surface area contributed by atoms with Gasteiger partial charge in [0.1, 0.15) is 19.0 Å². The maximum atomic E-state index is 11.1. The smallest absolute Gasteiger partial charge is 0.220 e. The summed E-state index contributed by atoms with van der Waals surface area (Å²) in [6, 6.07) is 13.6. The molecule has 4 aromatic rings. The number of carbonyl (C=O) groups is 2. The van der Waals surface area contributed by atoms with Crippen molar-refractivity contribution in [2.24, 2.45) is 0 Å². The lowest BCUT2D eigenvalue weighted by atomic mass is 10.1. The quantitative estimate of drug-likeness (QED) is 0.107. The SMILES string of the molecule is COc1nc(OCc2cccc(-n3c(C)nc(COc4ccc(CNCCNC(C)=O)c(OC)n4)c3C)c2C)ccc1CNCCNC(C)=O. The molecule has 4 rings (SSSR count). The van der Waals surface area contributed by atoms with E-state index < -0.39 is 0 Å². The zero-order valence-electron chi connectivity index (χ0n) is 29.9. The van der Waals surface area contributed by atoms with Gasteiger partial charge in [0.05, 0.1) is 25.6 Å². The van der Waals surface area contributed by atoms with Gasteiger partial charge in [-0.2, -0.15) is 9.97 Å². The van der Waals surface area contributed by atoms with Crippen molar-refractivity contribution >= 4 is 11.8 Å². The first-order valence-electron chi connectivity index (χ1n) is 16.5. The number of amides is 2. The molecule has 4 N–H and O–H groups in total. The third-order valence-electron chi connectivity index (χ3n) is 7.96. The van der Waals surface area contributed by atoms with Crippen molar-refractivity contribution in [3.63, 3.8) is 0 Å². The van der Waals surface area contributed by atoms with Crippen LogP contribution in [0.25, 0.3) is 5.69 Å². The minimum absolute atomic E-state index is 0.0566. The molecule has 2 amide bonds. The van der Waals surface area contributed by atoms with Crippen LogP contribution in [0.5, 0.6) is 23.5 Å². The highest BCUT2D eigenvalue weighted by Crippen LogP contribution is 2.27. The van der Waals surface area contributed by atoms with Crippen molar-refractivity contribution in [1.29, 1.82) is 0 Å². The Balaban J connectivity index is 1.38. The fourth-order valence-corrected chi connectivity index (χ4v) is 5.34. The molecule has 0 saturated carbocycles. The standard InChI is InChI=1S/C36H48N8O6/c1-23-30(21-49-33-13-11-28(35(42-33)47-6)19-37-15-17-39-26(4)45)9-8-10-32(23)44-24(2)31(41-25(44)3)22-50-34-14-12-29(36(43-34)48-7)20-38-16-18-40-27(5)46/h8-14,37-38H,15-22H2,1-7H3,(H,39,45)(H,40,46). The average Bonchev–Trinajstić information content (AvgIpc) is 3.38. The van der Waals surface area contributed by atoms with E-state index in [9.17, 15) is 9.59 Å². The number of methoxy groups -OCH3 is 2. The van der Waals surface area contributed by atoms with Gasteiger partial charge in [0.15, 0.2) is 0 Å². The van der Waals surface area contributed by atoms with Gasteiger partial charge in [-0.15, -0.1) is 0 Å². The molecule has 0 bridgehead atoms. The van der Waals surface area contributed by atoms with E-state index in [1.165, 1.54) is 13.8 Å². The van der Waals surface area contributed by atoms with Crippen LogP contribution in [0.1, 0.15) is 53.3 Å². The molecule has 0 saturated heterocycles. The molecule has 268 valence electrons. The molecule has 3 heterocycles. The van der Waals surface area contributed by atoms with Gasteiger partial charge in [-0.1, -0.05) is 12.1 Å². The number of aryl methyl sites for hydroxylation is 1. The number of imidazole rings is 1. The van der Waals surface area contributed by atoms with Gasteiger partial charge in [0, 0.05) is 82.1 Å². The number of aromatic nitrogens is 4. The lowest BCUT2D eigenvalue weighted by Crippen LogP contribution is -2.30. The van der Waals surface area contributed by atoms with Crippen LogP contribution in [0, 0.1) is 20.8 Å². The third-order valence-corrected chi connectivity index (χ3v) is 7.96. The summed E-state index contributed by atoms with van der Waals surface area (Å²) < 4.78 is 25.3. The third kappa shape index (κ3) is 10.4. The first-order chi connectivity index (χ1) is 24.1. The first kappa shape index (κ1) is 37.6. The Kier molecular flexibility index (Phi) is 13.9. The topological polar surface area (TPSA) is 163 Å². The van der Waals surface area contributed by atoms with E-state index in [4.69, 9.17) is 23.9 Å². The minimum Gasteiger partial charge on any atom is -0.481 e. The molecule has 0 aliphatic heterocycles. The second-order valence-electron chi connectivity index (χ2n) is 11.6. The fourth-order valence-electron chi connectivity index (χ4n) is 5.34. The van der Waals surface area contributed by atoms with Crippen LogP contribution >= 0.6 is 0 Å². The minimum atomic E-state index is -0.0584. The van der Waals surface area contributed by atoms with E-state index in [0.717, 1.165) is 45.2 Å². The summed E-state index contributed by atoms with van der Waals surface area (Å²) in [6.07, 6.45) is 0. The highest BCUT2D eigenvalue weighted by Gasteiger charge is 2.17. The number of carbonyl (C=O) groups excluding carboxylic acids is 2. The van der Waals surface area contributed by atoms with Gasteiger partial charge in [-0.3, -0.25) is 9.59 Å². The van der Waals surface area contributed by atoms with Crippen LogP contribution < -0.4 is 40.2 Å². The van der Waals surface area contributed by atoms with Gasteiger partial charge in [-0.25, -0.2) is 4.98 Å². The molecule has 0 aliphatic rings. The maximum Gasteiger partial charge on any atom is 0.220 e. The molecule has 0 radical (unpaired) electrons. The van der Waals surface area contributed by atoms with E-state index >= 15 is 0 Å². The number of rotatable bonds is 19. The summed E-state index contributed by atoms with van der Waals surface area (Å²) in [7, 11) is 3.16. The molecular formula is C36H48N8O6. The summed E-state index contributed by atoms with van der Waals surface area (Å²) in [5.41, 5.74) is 6.61. The van der Waals surface area contributed by atoms with E-state index in [1.807, 2.05) is 50.2 Å². The van der Waals surface area contributed by atoms with E-state index in [-0.39, 0.29) is 18.4 Å². The average molecular weight is 689 g/mol. The number of ether oxygens (including phenoxy) is 4. The van der Waals surface area contributed by atoms with Crippen molar-refractivity contribution in [2.45, 2.75) is 60.9 Å². The molecule has 0 atom stereocenters. The predicted molar refractivity (Wildman–Crippen MR) is 189 cm³/mol. The molecule has 0 spiro atoms. The molecule has 50 heavy (non-hydrogen) atoms. The fraction of sp³-hybridized carbons (Fsp3) is 0.417. The summed E-state index contributed by atoms with van der Waals surface area (Å²) in [5.74, 6) is 2.56. The normalized spacial score (nSPS) is 10.9. The Bertz CT molecular complexity index is 1760. The van der Waals surface area contributed by atoms with Gasteiger partial charge in [0.25, 0.3) is 0 Å². The van der Waals surface area contributed by atoms with Crippen molar-refractivity contribution in [3.05, 3.63) is 81.9 Å². The second kappa shape index (κ2) is 18.5. The lowest BCUT2D eigenvalue weighted by molar-refractivity contribution is -0.119. The largest absolute Gasteiger partial charge is 0.481 e. The van der Waals surface area contributed by atoms with Crippen LogP contribution in [-0.4, -0.2) is 71.7 Å². The summed E-state index contributed by atoms with van der Waals surface area (Å²) >= 11 is 0. The number of pyridine rings is 2. The van der Waals surface area contributed by atoms with Crippen LogP contribution in [0.3, 0.4) is 0 Å². The van der Waals surface area contributed by atoms with E-state index in [0.29, 0.717) is 69.4 Å². The van der Waals surface area contributed by atoms with Crippen molar-refractivity contribution < 1.29 is 28.5 Å². The number of hydrogen-bond donors (Lipinski definition) is 4. The van der Waals surface area contributed by atoms with Crippen LogP contribution in [0.4, 0.5) is 0 Å². The highest BCUT2D eigenvalue weighted by atomic mass is 16.5. The van der Waals surface area contributed by atoms with Crippen LogP contribution in [0.2, 0.25) is 0 Å². The molecule has 1 aromatic carbocycles. The van der Waals surface area contributed by atoms with E-state index in [1.54, 1.807) is 14.2 Å². The Morgan fingerprint density at radius 1 is 0.680 bits per heavy atom. The number of nitrogens with zero attached hydrogens (tertiary/aromatic N) is 4. The zero-order chi connectivity index (χ0) is 36.0.